The van der Waals surface area contributed by atoms with Gasteiger partial charge in [-0.25, -0.2) is 9.59 Å². The molecule has 3 rings (SSSR count). The van der Waals surface area contributed by atoms with Crippen molar-refractivity contribution in [2.75, 3.05) is 20.3 Å². The molecule has 0 unspecified atom stereocenters. The minimum atomic E-state index is -1.02. The second-order valence-corrected chi connectivity index (χ2v) is 11.2. The van der Waals surface area contributed by atoms with Crippen LogP contribution in [0.5, 0.6) is 0 Å². The van der Waals surface area contributed by atoms with Crippen LogP contribution in [-0.2, 0) is 31.1 Å². The first-order valence-corrected chi connectivity index (χ1v) is 13.1. The molecule has 1 fully saturated rings. The Morgan fingerprint density at radius 2 is 1.74 bits per heavy atom. The van der Waals surface area contributed by atoms with E-state index in [1.807, 2.05) is 57.2 Å². The Hall–Kier alpha value is -3.39. The van der Waals surface area contributed by atoms with Crippen molar-refractivity contribution in [1.29, 1.82) is 0 Å². The van der Waals surface area contributed by atoms with Crippen LogP contribution in [-0.4, -0.2) is 54.3 Å². The molecule has 0 radical (unpaired) electrons. The number of amides is 2. The van der Waals surface area contributed by atoms with E-state index in [-0.39, 0.29) is 30.7 Å². The van der Waals surface area contributed by atoms with Gasteiger partial charge in [-0.1, -0.05) is 69.3 Å². The Labute approximate surface area is 225 Å². The molecule has 8 nitrogen and oxygen atoms in total. The number of carboxylic acids is 1. The summed E-state index contributed by atoms with van der Waals surface area (Å²) >= 11 is 0. The molecule has 0 aromatic heterocycles. The van der Waals surface area contributed by atoms with Gasteiger partial charge in [0, 0.05) is 20.0 Å². The van der Waals surface area contributed by atoms with Crippen LogP contribution < -0.4 is 5.73 Å². The summed E-state index contributed by atoms with van der Waals surface area (Å²) in [5.74, 6) is -1.19. The van der Waals surface area contributed by atoms with Crippen LogP contribution in [0.1, 0.15) is 64.0 Å². The summed E-state index contributed by atoms with van der Waals surface area (Å²) in [6, 6.07) is 15.3. The first kappa shape index (κ1) is 29.2. The molecule has 3 N–H and O–H groups in total. The lowest BCUT2D eigenvalue weighted by atomic mass is 9.88. The molecule has 0 bridgehead atoms. The van der Waals surface area contributed by atoms with Gasteiger partial charge in [-0.15, -0.1) is 0 Å². The van der Waals surface area contributed by atoms with E-state index in [0.717, 1.165) is 42.4 Å². The second-order valence-electron chi connectivity index (χ2n) is 11.2. The van der Waals surface area contributed by atoms with Gasteiger partial charge in [-0.3, -0.25) is 4.79 Å². The van der Waals surface area contributed by atoms with Crippen molar-refractivity contribution < 1.29 is 29.0 Å². The molecule has 2 aromatic carbocycles. The number of nitrogens with zero attached hydrogens (tertiary/aromatic N) is 1. The normalized spacial score (nSPS) is 19.4. The first-order chi connectivity index (χ1) is 18.0. The number of carbonyl (C=O) groups excluding carboxylic acids is 2. The number of hydrogen-bond donors (Lipinski definition) is 2. The van der Waals surface area contributed by atoms with Gasteiger partial charge in [0.15, 0.2) is 0 Å². The number of methoxy groups -OCH3 is 1. The summed E-state index contributed by atoms with van der Waals surface area (Å²) in [6.07, 6.45) is 3.27. The van der Waals surface area contributed by atoms with Gasteiger partial charge in [0.1, 0.15) is 11.6 Å². The first-order valence-electron chi connectivity index (χ1n) is 13.1. The minimum Gasteiger partial charge on any atom is -0.480 e. The van der Waals surface area contributed by atoms with Gasteiger partial charge in [0.05, 0.1) is 13.2 Å². The number of carbonyl (C=O) groups is 3. The fourth-order valence-electron chi connectivity index (χ4n) is 5.13. The quantitative estimate of drug-likeness (QED) is 0.394. The predicted octanol–water partition coefficient (Wildman–Crippen LogP) is 5.13. The lowest BCUT2D eigenvalue weighted by molar-refractivity contribution is -0.149. The number of rotatable bonds is 11. The molecule has 38 heavy (non-hydrogen) atoms. The molecule has 1 heterocycles. The molecule has 1 aliphatic heterocycles. The van der Waals surface area contributed by atoms with Crippen LogP contribution >= 0.6 is 0 Å². The fourth-order valence-corrected chi connectivity index (χ4v) is 5.13. The Balaban J connectivity index is 1.76. The Bertz CT molecular complexity index is 1120. The second kappa shape index (κ2) is 12.4. The molecular weight excluding hydrogens is 484 g/mol. The zero-order chi connectivity index (χ0) is 27.9. The van der Waals surface area contributed by atoms with Gasteiger partial charge in [-0.2, -0.15) is 0 Å². The van der Waals surface area contributed by atoms with Crippen LogP contribution in [0.3, 0.4) is 0 Å². The average Bonchev–Trinajstić information content (AvgIpc) is 3.27. The van der Waals surface area contributed by atoms with Crippen LogP contribution in [0, 0.1) is 5.41 Å². The third-order valence-corrected chi connectivity index (χ3v) is 7.08. The van der Waals surface area contributed by atoms with E-state index in [2.05, 4.69) is 12.1 Å². The Morgan fingerprint density at radius 3 is 2.34 bits per heavy atom. The van der Waals surface area contributed by atoms with E-state index in [1.165, 1.54) is 10.5 Å². The van der Waals surface area contributed by atoms with E-state index in [4.69, 9.17) is 15.2 Å². The lowest BCUT2D eigenvalue weighted by Crippen LogP contribution is -2.42. The average molecular weight is 525 g/mol. The molecule has 0 saturated carbocycles. The number of nitrogens with two attached hydrogens (primary N) is 1. The summed E-state index contributed by atoms with van der Waals surface area (Å²) in [7, 11) is 1.58. The number of hydrogen-bond acceptors (Lipinski definition) is 5. The summed E-state index contributed by atoms with van der Waals surface area (Å²) in [6.45, 7) is 6.44. The Kier molecular flexibility index (Phi) is 9.55. The fraction of sp³-hybridized carbons (Fsp3) is 0.500. The van der Waals surface area contributed by atoms with Crippen LogP contribution in [0.4, 0.5) is 4.79 Å². The molecular formula is C30H40N2O6. The predicted molar refractivity (Wildman–Crippen MR) is 145 cm³/mol. The third kappa shape index (κ3) is 7.34. The number of carboxylic acid groups (broad SMARTS) is 1. The van der Waals surface area contributed by atoms with E-state index in [0.29, 0.717) is 6.61 Å². The van der Waals surface area contributed by atoms with Crippen molar-refractivity contribution in [3.8, 4) is 11.1 Å². The molecule has 1 saturated heterocycles. The van der Waals surface area contributed by atoms with Crippen LogP contribution in [0.15, 0.2) is 48.5 Å². The van der Waals surface area contributed by atoms with Gasteiger partial charge < -0.3 is 25.2 Å². The highest BCUT2D eigenvalue weighted by atomic mass is 16.5. The van der Waals surface area contributed by atoms with Crippen molar-refractivity contribution in [2.45, 2.75) is 70.9 Å². The third-order valence-electron chi connectivity index (χ3n) is 7.08. The largest absolute Gasteiger partial charge is 0.480 e. The number of ether oxygens (including phenoxy) is 2. The number of aryl methyl sites for hydroxylation is 1. The molecule has 0 spiro atoms. The SMILES string of the molecule is CO[C@@]1(c2ccc(-c3ccccc3CCCCCOC(N)=O)cc2)C[C@@H](C(=O)O)N(C(=O)CC(C)(C)C)C1. The molecule has 0 aliphatic carbocycles. The van der Waals surface area contributed by atoms with Crippen molar-refractivity contribution in [3.63, 3.8) is 0 Å². The zero-order valence-corrected chi connectivity index (χ0v) is 22.9. The van der Waals surface area contributed by atoms with E-state index < -0.39 is 23.7 Å². The van der Waals surface area contributed by atoms with Crippen LogP contribution in [0.2, 0.25) is 0 Å². The maximum Gasteiger partial charge on any atom is 0.404 e. The number of unbranched alkanes of at least 4 members (excludes halogenated alkanes) is 2. The number of likely N-dealkylation sites (tertiary alicyclic amines) is 1. The maximum absolute atomic E-state index is 13.0. The van der Waals surface area contributed by atoms with Gasteiger partial charge in [0.2, 0.25) is 5.91 Å². The molecule has 8 heteroatoms. The highest BCUT2D eigenvalue weighted by molar-refractivity contribution is 5.85. The van der Waals surface area contributed by atoms with E-state index >= 15 is 0 Å². The summed E-state index contributed by atoms with van der Waals surface area (Å²) < 4.78 is 10.7. The molecule has 2 aromatic rings. The van der Waals surface area contributed by atoms with Crippen molar-refractivity contribution in [2.24, 2.45) is 11.1 Å². The summed E-state index contributed by atoms with van der Waals surface area (Å²) in [4.78, 5) is 37.3. The number of aliphatic carboxylic acids is 1. The topological polar surface area (TPSA) is 119 Å². The zero-order valence-electron chi connectivity index (χ0n) is 22.9. The smallest absolute Gasteiger partial charge is 0.404 e. The molecule has 2 atom stereocenters. The van der Waals surface area contributed by atoms with E-state index in [1.54, 1.807) is 7.11 Å². The maximum atomic E-state index is 13.0. The van der Waals surface area contributed by atoms with Crippen molar-refractivity contribution in [1.82, 2.24) is 4.90 Å². The summed E-state index contributed by atoms with van der Waals surface area (Å²) in [5, 5.41) is 9.89. The highest BCUT2D eigenvalue weighted by Crippen LogP contribution is 2.41. The highest BCUT2D eigenvalue weighted by Gasteiger charge is 2.50. The monoisotopic (exact) mass is 524 g/mol. The molecule has 2 amide bonds. The lowest BCUT2D eigenvalue weighted by Gasteiger charge is -2.29. The van der Waals surface area contributed by atoms with Crippen molar-refractivity contribution >= 4 is 18.0 Å². The van der Waals surface area contributed by atoms with Crippen LogP contribution in [0.25, 0.3) is 11.1 Å². The standard InChI is InChI=1S/C30H40N2O6/c1-29(2,3)19-26(33)32-20-30(37-4,18-25(32)27(34)35)23-15-13-22(14-16-23)24-12-8-7-11-21(24)10-6-5-9-17-38-28(31)36/h7-8,11-16,25H,5-6,9-10,17-20H2,1-4H3,(H2,31,36)(H,34,35)/t25-,30-/m0/s1. The minimum absolute atomic E-state index is 0.171. The van der Waals surface area contributed by atoms with Gasteiger partial charge in [0.25, 0.3) is 0 Å². The van der Waals surface area contributed by atoms with Crippen molar-refractivity contribution in [3.05, 3.63) is 59.7 Å². The number of benzene rings is 2. The Morgan fingerprint density at radius 1 is 1.05 bits per heavy atom. The summed E-state index contributed by atoms with van der Waals surface area (Å²) in [5.41, 5.74) is 8.14. The molecule has 1 aliphatic rings. The van der Waals surface area contributed by atoms with E-state index in [9.17, 15) is 19.5 Å². The van der Waals surface area contributed by atoms with Gasteiger partial charge >= 0.3 is 12.1 Å². The van der Waals surface area contributed by atoms with Gasteiger partial charge in [-0.05, 0) is 53.4 Å². The molecule has 206 valence electrons. The number of primary amides is 1.